The van der Waals surface area contributed by atoms with E-state index in [1.165, 1.54) is 270 Å². The Kier molecular flexibility index (Phi) is 75.0. The number of aliphatic hydroxyl groups is 1. The summed E-state index contributed by atoms with van der Waals surface area (Å²) in [7, 11) is -9.92. The van der Waals surface area contributed by atoms with Gasteiger partial charge in [0.25, 0.3) is 0 Å². The molecule has 0 amide bonds. The van der Waals surface area contributed by atoms with Gasteiger partial charge in [-0.1, -0.05) is 401 Å². The van der Waals surface area contributed by atoms with Crippen molar-refractivity contribution in [2.24, 2.45) is 11.8 Å². The SMILES string of the molecule is CCCCCCCCCCCCCCCCCCCC(=O)O[C@H](COC(=O)CCCCCCCCCCC)COP(=O)(O)OC[C@H](O)COP(=O)(O)OC[C@@H](COC(=O)CCCCCCCCCCCCCCCCC(C)C)OC(=O)CCCCCCCCCCCCCCCCCCCCC(C)C. The van der Waals surface area contributed by atoms with Gasteiger partial charge in [-0.15, -0.1) is 0 Å². The number of hydrogen-bond donors (Lipinski definition) is 3. The Labute approximate surface area is 638 Å². The second-order valence-corrected chi connectivity index (χ2v) is 34.4. The van der Waals surface area contributed by atoms with Crippen LogP contribution >= 0.6 is 15.6 Å². The van der Waals surface area contributed by atoms with Crippen molar-refractivity contribution in [1.82, 2.24) is 0 Å². The van der Waals surface area contributed by atoms with Crippen LogP contribution in [0.4, 0.5) is 0 Å². The summed E-state index contributed by atoms with van der Waals surface area (Å²) in [5.41, 5.74) is 0. The van der Waals surface area contributed by atoms with E-state index >= 15 is 0 Å². The van der Waals surface area contributed by atoms with E-state index in [9.17, 15) is 43.2 Å². The zero-order valence-corrected chi connectivity index (χ0v) is 70.1. The number of rotatable bonds is 84. The van der Waals surface area contributed by atoms with Crippen LogP contribution in [0.5, 0.6) is 0 Å². The molecule has 0 fully saturated rings. The number of ether oxygens (including phenoxy) is 4. The van der Waals surface area contributed by atoms with Crippen molar-refractivity contribution in [2.45, 2.75) is 471 Å². The van der Waals surface area contributed by atoms with Crippen molar-refractivity contribution in [3.63, 3.8) is 0 Å². The van der Waals surface area contributed by atoms with Gasteiger partial charge in [0.2, 0.25) is 0 Å². The molecule has 0 bridgehead atoms. The lowest BCUT2D eigenvalue weighted by atomic mass is 10.0. The van der Waals surface area contributed by atoms with E-state index < -0.39 is 97.5 Å². The second-order valence-electron chi connectivity index (χ2n) is 31.5. The molecule has 0 saturated carbocycles. The van der Waals surface area contributed by atoms with Crippen LogP contribution in [0.3, 0.4) is 0 Å². The number of phosphoric acid groups is 2. The summed E-state index contributed by atoms with van der Waals surface area (Å²) in [6, 6.07) is 0. The molecule has 0 rings (SSSR count). The normalized spacial score (nSPS) is 13.8. The smallest absolute Gasteiger partial charge is 0.462 e. The van der Waals surface area contributed by atoms with Crippen molar-refractivity contribution in [2.75, 3.05) is 39.6 Å². The third-order valence-corrected chi connectivity index (χ3v) is 21.9. The molecule has 0 saturated heterocycles. The predicted molar refractivity (Wildman–Crippen MR) is 428 cm³/mol. The van der Waals surface area contributed by atoms with Crippen LogP contribution < -0.4 is 0 Å². The first-order valence-electron chi connectivity index (χ1n) is 44.0. The number of esters is 4. The molecule has 0 aliphatic heterocycles. The lowest BCUT2D eigenvalue weighted by Crippen LogP contribution is -2.30. The monoisotopic (exact) mass is 1520 g/mol. The molecule has 17 nitrogen and oxygen atoms in total. The van der Waals surface area contributed by atoms with Crippen LogP contribution in [0.15, 0.2) is 0 Å². The van der Waals surface area contributed by atoms with Crippen LogP contribution in [0.2, 0.25) is 0 Å². The molecule has 104 heavy (non-hydrogen) atoms. The number of carbonyl (C=O) groups is 4. The summed E-state index contributed by atoms with van der Waals surface area (Å²) in [6.07, 6.45) is 68.0. The molecule has 0 heterocycles. The molecule has 3 N–H and O–H groups in total. The van der Waals surface area contributed by atoms with E-state index in [1.54, 1.807) is 0 Å². The Bertz CT molecular complexity index is 1990. The lowest BCUT2D eigenvalue weighted by Gasteiger charge is -2.21. The highest BCUT2D eigenvalue weighted by Crippen LogP contribution is 2.45. The highest BCUT2D eigenvalue weighted by atomic mass is 31.2. The molecule has 0 spiro atoms. The molecule has 0 aliphatic rings. The first-order valence-corrected chi connectivity index (χ1v) is 47.0. The maximum absolute atomic E-state index is 13.1. The third-order valence-electron chi connectivity index (χ3n) is 20.0. The summed E-state index contributed by atoms with van der Waals surface area (Å²) in [6.45, 7) is 9.71. The average Bonchev–Trinajstić information content (AvgIpc) is 0.904. The van der Waals surface area contributed by atoms with E-state index in [2.05, 4.69) is 41.5 Å². The van der Waals surface area contributed by atoms with Crippen LogP contribution in [0, 0.1) is 11.8 Å². The highest BCUT2D eigenvalue weighted by Gasteiger charge is 2.30. The Morgan fingerprint density at radius 1 is 0.260 bits per heavy atom. The van der Waals surface area contributed by atoms with Crippen LogP contribution in [-0.4, -0.2) is 96.7 Å². The van der Waals surface area contributed by atoms with Gasteiger partial charge in [-0.25, -0.2) is 9.13 Å². The largest absolute Gasteiger partial charge is 0.472 e. The predicted octanol–water partition coefficient (Wildman–Crippen LogP) is 25.8. The Morgan fingerprint density at radius 2 is 0.442 bits per heavy atom. The van der Waals surface area contributed by atoms with Gasteiger partial charge in [-0.05, 0) is 37.5 Å². The minimum atomic E-state index is -4.96. The summed E-state index contributed by atoms with van der Waals surface area (Å²) >= 11 is 0. The Balaban J connectivity index is 5.21. The van der Waals surface area contributed by atoms with Gasteiger partial charge in [-0.3, -0.25) is 37.3 Å². The summed E-state index contributed by atoms with van der Waals surface area (Å²) in [5.74, 6) is -0.484. The van der Waals surface area contributed by atoms with Gasteiger partial charge >= 0.3 is 39.5 Å². The minimum Gasteiger partial charge on any atom is -0.462 e. The van der Waals surface area contributed by atoms with Crippen molar-refractivity contribution in [3.05, 3.63) is 0 Å². The van der Waals surface area contributed by atoms with Crippen LogP contribution in [-0.2, 0) is 65.4 Å². The van der Waals surface area contributed by atoms with Gasteiger partial charge in [0.15, 0.2) is 12.2 Å². The molecule has 0 aromatic carbocycles. The van der Waals surface area contributed by atoms with Crippen molar-refractivity contribution in [3.8, 4) is 0 Å². The van der Waals surface area contributed by atoms with E-state index in [1.807, 2.05) is 0 Å². The summed E-state index contributed by atoms with van der Waals surface area (Å²) < 4.78 is 68.8. The van der Waals surface area contributed by atoms with Crippen molar-refractivity contribution >= 4 is 39.5 Å². The third kappa shape index (κ3) is 78.2. The van der Waals surface area contributed by atoms with Gasteiger partial charge < -0.3 is 33.8 Å². The number of carbonyl (C=O) groups excluding carboxylic acids is 4. The molecule has 0 radical (unpaired) electrons. The molecule has 0 aromatic heterocycles. The zero-order valence-electron chi connectivity index (χ0n) is 68.3. The molecular formula is C85H166O17P2. The molecule has 2 unspecified atom stereocenters. The van der Waals surface area contributed by atoms with Crippen molar-refractivity contribution in [1.29, 1.82) is 0 Å². The number of hydrogen-bond acceptors (Lipinski definition) is 15. The highest BCUT2D eigenvalue weighted by molar-refractivity contribution is 7.47. The molecule has 19 heteroatoms. The molecule has 618 valence electrons. The maximum atomic E-state index is 13.1. The van der Waals surface area contributed by atoms with E-state index in [0.717, 1.165) is 102 Å². The first kappa shape index (κ1) is 102. The Hall–Kier alpha value is -1.94. The van der Waals surface area contributed by atoms with E-state index in [4.69, 9.17) is 37.0 Å². The first-order chi connectivity index (χ1) is 50.4. The van der Waals surface area contributed by atoms with Gasteiger partial charge in [0.05, 0.1) is 26.4 Å². The fourth-order valence-electron chi connectivity index (χ4n) is 13.2. The topological polar surface area (TPSA) is 237 Å². The van der Waals surface area contributed by atoms with Gasteiger partial charge in [-0.2, -0.15) is 0 Å². The fraction of sp³-hybridized carbons (Fsp3) is 0.953. The minimum absolute atomic E-state index is 0.109. The standard InChI is InChI=1S/C85H166O17P2/c1-7-9-11-13-15-17-18-19-20-23-27-34-39-45-51-57-63-69-84(89)101-80(73-95-82(87)67-61-55-49-41-16-14-12-10-8-2)75-99-103(91,92)97-71-79(86)72-98-104(93,94)100-76-81(74-96-83(88)68-62-56-50-44-38-33-30-29-32-37-43-48-54-60-66-78(5)6)102-85(90)70-64-58-52-46-40-35-28-25-22-21-24-26-31-36-42-47-53-59-65-77(3)4/h77-81,86H,7-76H2,1-6H3,(H,91,92)(H,93,94)/t79-,80+,81+/m0/s1. The lowest BCUT2D eigenvalue weighted by molar-refractivity contribution is -0.161. The average molecular weight is 1520 g/mol. The van der Waals surface area contributed by atoms with Gasteiger partial charge in [0.1, 0.15) is 19.3 Å². The zero-order chi connectivity index (χ0) is 76.4. The van der Waals surface area contributed by atoms with Crippen LogP contribution in [0.25, 0.3) is 0 Å². The van der Waals surface area contributed by atoms with Crippen LogP contribution in [0.1, 0.15) is 452 Å². The quantitative estimate of drug-likeness (QED) is 0.0222. The number of unbranched alkanes of at least 4 members (excludes halogenated alkanes) is 54. The van der Waals surface area contributed by atoms with E-state index in [0.29, 0.717) is 25.7 Å². The van der Waals surface area contributed by atoms with Crippen molar-refractivity contribution < 1.29 is 80.2 Å². The maximum Gasteiger partial charge on any atom is 0.472 e. The van der Waals surface area contributed by atoms with E-state index in [-0.39, 0.29) is 25.7 Å². The molecule has 0 aliphatic carbocycles. The van der Waals surface area contributed by atoms with Gasteiger partial charge in [0, 0.05) is 25.7 Å². The molecule has 5 atom stereocenters. The summed E-state index contributed by atoms with van der Waals surface area (Å²) in [4.78, 5) is 73.1. The molecular weight excluding hydrogens is 1350 g/mol. The second kappa shape index (κ2) is 76.4. The number of aliphatic hydroxyl groups excluding tert-OH is 1. The number of phosphoric ester groups is 2. The Morgan fingerprint density at radius 3 is 0.654 bits per heavy atom. The fourth-order valence-corrected chi connectivity index (χ4v) is 14.8. The summed E-state index contributed by atoms with van der Waals surface area (Å²) in [5, 5.41) is 10.7. The molecule has 0 aromatic rings.